The van der Waals surface area contributed by atoms with Gasteiger partial charge < -0.3 is 0 Å². The molecule has 7 rings (SSSR count). The highest BCUT2D eigenvalue weighted by Gasteiger charge is 2.22. The number of fused-ring (bicyclic) bond motifs is 6. The van der Waals surface area contributed by atoms with Gasteiger partial charge in [-0.3, -0.25) is 0 Å². The second-order valence-corrected chi connectivity index (χ2v) is 8.37. The van der Waals surface area contributed by atoms with Crippen LogP contribution in [0.25, 0.3) is 64.9 Å². The number of aromatic nitrogens is 1. The Kier molecular flexibility index (Phi) is 3.23. The molecule has 6 aromatic carbocycles. The average Bonchev–Trinajstić information content (AvgIpc) is 3.37. The van der Waals surface area contributed by atoms with Gasteiger partial charge in [0.05, 0.1) is 57.6 Å². The topological polar surface area (TPSA) is 108 Å². The van der Waals surface area contributed by atoms with Crippen molar-refractivity contribution in [2.24, 2.45) is 0 Å². The molecule has 0 atom stereocenters. The third-order valence-corrected chi connectivity index (χ3v) is 6.92. The number of nitrogens with zero attached hydrogens (tertiary/aromatic N) is 5. The molecule has 0 aliphatic carbocycles. The van der Waals surface area contributed by atoms with Gasteiger partial charge >= 0.3 is 0 Å². The van der Waals surface area contributed by atoms with E-state index in [4.69, 9.17) is 4.98 Å². The van der Waals surface area contributed by atoms with Gasteiger partial charge in [0.2, 0.25) is 0 Å². The highest BCUT2D eigenvalue weighted by atomic mass is 14.7. The highest BCUT2D eigenvalue weighted by molar-refractivity contribution is 6.36. The van der Waals surface area contributed by atoms with E-state index in [0.29, 0.717) is 33.0 Å². The molecule has 0 saturated carbocycles. The van der Waals surface area contributed by atoms with Gasteiger partial charge in [-0.25, -0.2) is 4.98 Å². The summed E-state index contributed by atoms with van der Waals surface area (Å²) in [6.07, 6.45) is 0. The SMILES string of the molecule is N#Cc1ccc2c3cc4c5ccc(C#N)c6c(C#N)ccc(c4nc3c3ccc(C#N)c1c23)c65. The molecule has 0 aliphatic heterocycles. The molecule has 0 amide bonds. The summed E-state index contributed by atoms with van der Waals surface area (Å²) in [6, 6.07) is 25.7. The Labute approximate surface area is 192 Å². The van der Waals surface area contributed by atoms with Crippen LogP contribution in [0.3, 0.4) is 0 Å². The van der Waals surface area contributed by atoms with Crippen LogP contribution >= 0.6 is 0 Å². The Hall–Kier alpha value is -5.49. The fourth-order valence-electron chi connectivity index (χ4n) is 5.54. The number of hydrogen-bond donors (Lipinski definition) is 0. The third kappa shape index (κ3) is 1.93. The minimum Gasteiger partial charge on any atom is -0.246 e. The Morgan fingerprint density at radius 1 is 0.412 bits per heavy atom. The maximum atomic E-state index is 9.67. The van der Waals surface area contributed by atoms with Crippen molar-refractivity contribution in [1.29, 1.82) is 21.0 Å². The quantitative estimate of drug-likeness (QED) is 0.280. The first-order valence-corrected chi connectivity index (χ1v) is 10.6. The van der Waals surface area contributed by atoms with Crippen LogP contribution in [0.5, 0.6) is 0 Å². The zero-order valence-corrected chi connectivity index (χ0v) is 17.4. The van der Waals surface area contributed by atoms with Crippen LogP contribution in [-0.2, 0) is 0 Å². The summed E-state index contributed by atoms with van der Waals surface area (Å²) < 4.78 is 0. The molecule has 5 nitrogen and oxygen atoms in total. The van der Waals surface area contributed by atoms with Crippen LogP contribution in [0, 0.1) is 45.3 Å². The molecule has 150 valence electrons. The Balaban J connectivity index is 1.76. The summed E-state index contributed by atoms with van der Waals surface area (Å²) in [5, 5.41) is 47.4. The van der Waals surface area contributed by atoms with Crippen molar-refractivity contribution in [1.82, 2.24) is 4.98 Å². The van der Waals surface area contributed by atoms with Crippen LogP contribution in [0.2, 0.25) is 0 Å². The van der Waals surface area contributed by atoms with E-state index >= 15 is 0 Å². The second kappa shape index (κ2) is 6.05. The molecular formula is C29H9N5. The van der Waals surface area contributed by atoms with E-state index in [-0.39, 0.29) is 0 Å². The average molecular weight is 427 g/mol. The maximum Gasteiger partial charge on any atom is 0.0998 e. The van der Waals surface area contributed by atoms with Crippen molar-refractivity contribution in [3.8, 4) is 24.3 Å². The number of hydrogen-bond acceptors (Lipinski definition) is 5. The van der Waals surface area contributed by atoms with Gasteiger partial charge in [0, 0.05) is 43.1 Å². The van der Waals surface area contributed by atoms with E-state index in [0.717, 1.165) is 54.1 Å². The minimum absolute atomic E-state index is 0.473. The molecule has 0 radical (unpaired) electrons. The summed E-state index contributed by atoms with van der Waals surface area (Å²) in [5.74, 6) is 0. The van der Waals surface area contributed by atoms with Crippen molar-refractivity contribution < 1.29 is 0 Å². The first kappa shape index (κ1) is 18.1. The van der Waals surface area contributed by atoms with Gasteiger partial charge in [0.15, 0.2) is 0 Å². The lowest BCUT2D eigenvalue weighted by Crippen LogP contribution is -1.85. The Bertz CT molecular complexity index is 1910. The lowest BCUT2D eigenvalue weighted by atomic mass is 9.97. The van der Waals surface area contributed by atoms with Gasteiger partial charge in [0.1, 0.15) is 0 Å². The number of rotatable bonds is 0. The summed E-state index contributed by atoms with van der Waals surface area (Å²) in [4.78, 5) is 5.10. The van der Waals surface area contributed by atoms with Crippen molar-refractivity contribution in [3.05, 3.63) is 76.9 Å². The van der Waals surface area contributed by atoms with Crippen LogP contribution in [0.1, 0.15) is 22.3 Å². The molecule has 1 aromatic heterocycles. The monoisotopic (exact) mass is 427 g/mol. The molecule has 0 N–H and O–H groups in total. The predicted molar refractivity (Wildman–Crippen MR) is 131 cm³/mol. The predicted octanol–water partition coefficient (Wildman–Crippen LogP) is 6.36. The zero-order chi connectivity index (χ0) is 23.1. The maximum absolute atomic E-state index is 9.67. The van der Waals surface area contributed by atoms with E-state index in [2.05, 4.69) is 30.3 Å². The van der Waals surface area contributed by atoms with E-state index in [1.54, 1.807) is 24.3 Å². The molecule has 0 bridgehead atoms. The molecule has 7 aromatic rings. The summed E-state index contributed by atoms with van der Waals surface area (Å²) >= 11 is 0. The van der Waals surface area contributed by atoms with Gasteiger partial charge in [0.25, 0.3) is 0 Å². The van der Waals surface area contributed by atoms with E-state index in [9.17, 15) is 21.0 Å². The smallest absolute Gasteiger partial charge is 0.0998 e. The summed E-state index contributed by atoms with van der Waals surface area (Å²) in [6.45, 7) is 0. The zero-order valence-electron chi connectivity index (χ0n) is 17.4. The summed E-state index contributed by atoms with van der Waals surface area (Å²) in [7, 11) is 0. The molecule has 0 spiro atoms. The number of pyridine rings is 1. The van der Waals surface area contributed by atoms with Gasteiger partial charge in [-0.15, -0.1) is 0 Å². The minimum atomic E-state index is 0.473. The molecule has 34 heavy (non-hydrogen) atoms. The fraction of sp³-hybridized carbons (Fsp3) is 0. The molecule has 1 heterocycles. The van der Waals surface area contributed by atoms with E-state index < -0.39 is 0 Å². The Morgan fingerprint density at radius 3 is 1.12 bits per heavy atom. The van der Waals surface area contributed by atoms with Crippen molar-refractivity contribution in [3.63, 3.8) is 0 Å². The lowest BCUT2D eigenvalue weighted by molar-refractivity contribution is 1.49. The van der Waals surface area contributed by atoms with Crippen molar-refractivity contribution >= 4 is 64.9 Å². The van der Waals surface area contributed by atoms with Crippen molar-refractivity contribution in [2.75, 3.05) is 0 Å². The first-order valence-electron chi connectivity index (χ1n) is 10.6. The standard InChI is InChI=1S/C29H9N5/c30-10-14-1-5-18-22-9-23-19-6-2-15(11-31)25-17(13-33)4-8-21(27(19)25)29(23)34-28(22)20-7-3-16(12-32)24(14)26(18)20/h1-9H. The summed E-state index contributed by atoms with van der Waals surface area (Å²) in [5.41, 5.74) is 3.51. The largest absolute Gasteiger partial charge is 0.246 e. The van der Waals surface area contributed by atoms with Crippen molar-refractivity contribution in [2.45, 2.75) is 0 Å². The molecule has 0 unspecified atom stereocenters. The molecule has 0 fully saturated rings. The molecule has 0 aliphatic rings. The molecule has 5 heteroatoms. The van der Waals surface area contributed by atoms with E-state index in [1.165, 1.54) is 0 Å². The third-order valence-electron chi connectivity index (χ3n) is 6.92. The number of benzene rings is 4. The van der Waals surface area contributed by atoms with E-state index in [1.807, 2.05) is 24.3 Å². The Morgan fingerprint density at radius 2 is 0.765 bits per heavy atom. The van der Waals surface area contributed by atoms with Crippen LogP contribution in [0.15, 0.2) is 54.6 Å². The van der Waals surface area contributed by atoms with Gasteiger partial charge in [-0.2, -0.15) is 21.0 Å². The fourth-order valence-corrected chi connectivity index (χ4v) is 5.54. The van der Waals surface area contributed by atoms with Crippen LogP contribution in [-0.4, -0.2) is 4.98 Å². The number of nitriles is 4. The van der Waals surface area contributed by atoms with Gasteiger partial charge in [-0.1, -0.05) is 24.3 Å². The van der Waals surface area contributed by atoms with Gasteiger partial charge in [-0.05, 0) is 41.1 Å². The molecule has 0 saturated heterocycles. The van der Waals surface area contributed by atoms with Crippen LogP contribution in [0.4, 0.5) is 0 Å². The molecular weight excluding hydrogens is 418 g/mol. The highest BCUT2D eigenvalue weighted by Crippen LogP contribution is 2.45. The second-order valence-electron chi connectivity index (χ2n) is 8.37. The lowest BCUT2D eigenvalue weighted by Gasteiger charge is -2.03. The first-order chi connectivity index (χ1) is 16.7. The van der Waals surface area contributed by atoms with Crippen LogP contribution < -0.4 is 0 Å². The normalized spacial score (nSPS) is 11.4.